The standard InChI is InChI=1S/C13H19O5P/c1-3-17-19(16,18-4-2)13(15,10-11-14)12-8-6-5-7-9-12/h5-9,11,15H,3-4,10H2,1-2H3/t13-/m0/s1. The lowest BCUT2D eigenvalue weighted by Gasteiger charge is -2.33. The predicted octanol–water partition coefficient (Wildman–Crippen LogP) is 2.69. The van der Waals surface area contributed by atoms with Crippen molar-refractivity contribution in [2.24, 2.45) is 0 Å². The summed E-state index contributed by atoms with van der Waals surface area (Å²) >= 11 is 0. The smallest absolute Gasteiger partial charge is 0.366 e. The van der Waals surface area contributed by atoms with Crippen molar-refractivity contribution in [3.05, 3.63) is 35.9 Å². The second-order valence-corrected chi connectivity index (χ2v) is 6.14. The van der Waals surface area contributed by atoms with Gasteiger partial charge in [-0.05, 0) is 19.4 Å². The van der Waals surface area contributed by atoms with E-state index in [2.05, 4.69) is 0 Å². The average Bonchev–Trinajstić information content (AvgIpc) is 2.40. The Kier molecular flexibility index (Phi) is 5.88. The summed E-state index contributed by atoms with van der Waals surface area (Å²) in [4.78, 5) is 10.9. The molecule has 19 heavy (non-hydrogen) atoms. The summed E-state index contributed by atoms with van der Waals surface area (Å²) in [6.07, 6.45) is 0.159. The summed E-state index contributed by atoms with van der Waals surface area (Å²) in [5.41, 5.74) is 0.340. The van der Waals surface area contributed by atoms with E-state index in [0.717, 1.165) is 0 Å². The van der Waals surface area contributed by atoms with Crippen LogP contribution < -0.4 is 0 Å². The molecule has 106 valence electrons. The number of carbonyl (C=O) groups is 1. The summed E-state index contributed by atoms with van der Waals surface area (Å²) in [6, 6.07) is 8.32. The number of benzene rings is 1. The Hall–Kier alpha value is -1.00. The molecule has 0 saturated carbocycles. The summed E-state index contributed by atoms with van der Waals surface area (Å²) in [5, 5.41) is 8.76. The average molecular weight is 286 g/mol. The van der Waals surface area contributed by atoms with E-state index in [-0.39, 0.29) is 19.6 Å². The largest absolute Gasteiger partial charge is 0.373 e. The first-order chi connectivity index (χ1) is 9.04. The first kappa shape index (κ1) is 16.1. The number of aldehydes is 1. The van der Waals surface area contributed by atoms with Crippen LogP contribution in [-0.2, 0) is 23.7 Å². The summed E-state index contributed by atoms with van der Waals surface area (Å²) < 4.78 is 23.1. The molecule has 6 heteroatoms. The van der Waals surface area contributed by atoms with Crippen LogP contribution in [0.15, 0.2) is 30.3 Å². The Morgan fingerprint density at radius 1 is 1.21 bits per heavy atom. The SMILES string of the molecule is CCOP(=O)(OCC)[C@@](O)(CC=O)c1ccccc1. The zero-order valence-electron chi connectivity index (χ0n) is 11.1. The monoisotopic (exact) mass is 286 g/mol. The zero-order valence-corrected chi connectivity index (χ0v) is 12.0. The fourth-order valence-corrected chi connectivity index (χ4v) is 3.74. The molecule has 0 aromatic heterocycles. The van der Waals surface area contributed by atoms with Gasteiger partial charge in [0.1, 0.15) is 6.29 Å². The van der Waals surface area contributed by atoms with Crippen molar-refractivity contribution >= 4 is 13.9 Å². The van der Waals surface area contributed by atoms with Crippen molar-refractivity contribution in [2.75, 3.05) is 13.2 Å². The van der Waals surface area contributed by atoms with Crippen molar-refractivity contribution in [1.29, 1.82) is 0 Å². The Labute approximate surface area is 113 Å². The molecule has 0 aliphatic rings. The third-order valence-corrected chi connectivity index (χ3v) is 5.20. The second kappa shape index (κ2) is 6.96. The van der Waals surface area contributed by atoms with Crippen molar-refractivity contribution in [3.8, 4) is 0 Å². The van der Waals surface area contributed by atoms with E-state index in [9.17, 15) is 14.5 Å². The minimum Gasteiger partial charge on any atom is -0.373 e. The quantitative estimate of drug-likeness (QED) is 0.587. The maximum atomic E-state index is 12.8. The van der Waals surface area contributed by atoms with Gasteiger partial charge in [-0.2, -0.15) is 0 Å². The Balaban J connectivity index is 3.30. The molecule has 1 aromatic rings. The third-order valence-electron chi connectivity index (χ3n) is 2.66. The van der Waals surface area contributed by atoms with Crippen molar-refractivity contribution in [3.63, 3.8) is 0 Å². The highest BCUT2D eigenvalue weighted by Gasteiger charge is 2.50. The molecule has 0 saturated heterocycles. The normalized spacial score (nSPS) is 14.9. The second-order valence-electron chi connectivity index (χ2n) is 3.89. The van der Waals surface area contributed by atoms with Crippen LogP contribution in [0.3, 0.4) is 0 Å². The van der Waals surface area contributed by atoms with Crippen LogP contribution in [0.1, 0.15) is 25.8 Å². The van der Waals surface area contributed by atoms with E-state index in [1.165, 1.54) is 0 Å². The molecule has 0 bridgehead atoms. The van der Waals surface area contributed by atoms with Crippen LogP contribution >= 0.6 is 7.60 Å². The molecule has 0 spiro atoms. The molecule has 5 nitrogen and oxygen atoms in total. The molecule has 1 aromatic carbocycles. The molecule has 1 rings (SSSR count). The summed E-state index contributed by atoms with van der Waals surface area (Å²) in [7, 11) is -3.86. The van der Waals surface area contributed by atoms with Crippen LogP contribution in [-0.4, -0.2) is 24.6 Å². The Morgan fingerprint density at radius 2 is 1.74 bits per heavy atom. The Bertz CT molecular complexity index is 438. The van der Waals surface area contributed by atoms with E-state index >= 15 is 0 Å². The maximum Gasteiger partial charge on any atom is 0.366 e. The van der Waals surface area contributed by atoms with Gasteiger partial charge in [0.2, 0.25) is 0 Å². The van der Waals surface area contributed by atoms with Crippen LogP contribution in [0.25, 0.3) is 0 Å². The molecular formula is C13H19O5P. The molecule has 0 radical (unpaired) electrons. The number of carbonyl (C=O) groups excluding carboxylic acids is 1. The van der Waals surface area contributed by atoms with E-state index in [0.29, 0.717) is 11.8 Å². The lowest BCUT2D eigenvalue weighted by molar-refractivity contribution is -0.111. The van der Waals surface area contributed by atoms with Gasteiger partial charge in [-0.3, -0.25) is 4.57 Å². The fourth-order valence-electron chi connectivity index (χ4n) is 1.80. The molecule has 0 unspecified atom stereocenters. The molecular weight excluding hydrogens is 267 g/mol. The molecule has 0 aliphatic carbocycles. The number of rotatable bonds is 8. The lowest BCUT2D eigenvalue weighted by atomic mass is 10.1. The highest BCUT2D eigenvalue weighted by molar-refractivity contribution is 7.55. The lowest BCUT2D eigenvalue weighted by Crippen LogP contribution is -2.29. The van der Waals surface area contributed by atoms with Gasteiger partial charge in [-0.15, -0.1) is 0 Å². The highest BCUT2D eigenvalue weighted by atomic mass is 31.2. The molecule has 0 heterocycles. The highest BCUT2D eigenvalue weighted by Crippen LogP contribution is 2.64. The van der Waals surface area contributed by atoms with Crippen LogP contribution in [0.5, 0.6) is 0 Å². The van der Waals surface area contributed by atoms with Crippen LogP contribution in [0.4, 0.5) is 0 Å². The number of aliphatic hydroxyl groups is 1. The zero-order chi connectivity index (χ0) is 14.4. The first-order valence-electron chi connectivity index (χ1n) is 6.14. The van der Waals surface area contributed by atoms with Crippen molar-refractivity contribution in [1.82, 2.24) is 0 Å². The molecule has 1 atom stereocenters. The molecule has 0 amide bonds. The third kappa shape index (κ3) is 3.31. The summed E-state index contributed by atoms with van der Waals surface area (Å²) in [5.74, 6) is 0. The van der Waals surface area contributed by atoms with Gasteiger partial charge in [-0.25, -0.2) is 0 Å². The van der Waals surface area contributed by atoms with Gasteiger partial charge < -0.3 is 18.9 Å². The molecule has 1 N–H and O–H groups in total. The van der Waals surface area contributed by atoms with E-state index in [1.807, 2.05) is 0 Å². The van der Waals surface area contributed by atoms with Gasteiger partial charge in [0.05, 0.1) is 13.2 Å². The van der Waals surface area contributed by atoms with Crippen LogP contribution in [0.2, 0.25) is 0 Å². The minimum atomic E-state index is -3.86. The predicted molar refractivity (Wildman–Crippen MR) is 71.9 cm³/mol. The van der Waals surface area contributed by atoms with Crippen molar-refractivity contribution in [2.45, 2.75) is 25.6 Å². The number of hydrogen-bond acceptors (Lipinski definition) is 5. The Morgan fingerprint density at radius 3 is 2.16 bits per heavy atom. The molecule has 0 aliphatic heterocycles. The molecule has 0 fully saturated rings. The first-order valence-corrected chi connectivity index (χ1v) is 7.69. The minimum absolute atomic E-state index is 0.116. The van der Waals surface area contributed by atoms with E-state index in [4.69, 9.17) is 9.05 Å². The van der Waals surface area contributed by atoms with Gasteiger partial charge in [0.25, 0.3) is 0 Å². The fraction of sp³-hybridized carbons (Fsp3) is 0.462. The van der Waals surface area contributed by atoms with Gasteiger partial charge in [-0.1, -0.05) is 30.3 Å². The van der Waals surface area contributed by atoms with Gasteiger partial charge in [0, 0.05) is 6.42 Å². The maximum absolute atomic E-state index is 12.8. The van der Waals surface area contributed by atoms with E-state index in [1.54, 1.807) is 44.2 Å². The van der Waals surface area contributed by atoms with Gasteiger partial charge >= 0.3 is 7.60 Å². The van der Waals surface area contributed by atoms with Crippen LogP contribution in [0, 0.1) is 0 Å². The van der Waals surface area contributed by atoms with Gasteiger partial charge in [0.15, 0.2) is 5.34 Å². The summed E-state index contributed by atoms with van der Waals surface area (Å²) in [6.45, 7) is 3.53. The number of hydrogen-bond donors (Lipinski definition) is 1. The van der Waals surface area contributed by atoms with E-state index < -0.39 is 12.9 Å². The van der Waals surface area contributed by atoms with Crippen molar-refractivity contribution < 1.29 is 23.5 Å². The topological polar surface area (TPSA) is 72.8 Å².